The summed E-state index contributed by atoms with van der Waals surface area (Å²) in [6.07, 6.45) is 3.18. The molecular formula is C19H20N4O. The number of nitrogens with zero attached hydrogens (tertiary/aromatic N) is 4. The average Bonchev–Trinajstić information content (AvgIpc) is 2.60. The summed E-state index contributed by atoms with van der Waals surface area (Å²) in [5.41, 5.74) is 4.22. The van der Waals surface area contributed by atoms with Crippen LogP contribution in [-0.2, 0) is 0 Å². The molecule has 2 aromatic heterocycles. The highest BCUT2D eigenvalue weighted by molar-refractivity contribution is 5.98. The molecule has 1 unspecified atom stereocenters. The van der Waals surface area contributed by atoms with Crippen molar-refractivity contribution in [2.24, 2.45) is 0 Å². The monoisotopic (exact) mass is 320 g/mol. The molecule has 0 aliphatic rings. The van der Waals surface area contributed by atoms with E-state index in [0.29, 0.717) is 5.56 Å². The summed E-state index contributed by atoms with van der Waals surface area (Å²) >= 11 is 0. The molecule has 0 fully saturated rings. The minimum absolute atomic E-state index is 0.0606. The van der Waals surface area contributed by atoms with E-state index in [-0.39, 0.29) is 11.9 Å². The van der Waals surface area contributed by atoms with Crippen molar-refractivity contribution in [1.29, 1.82) is 0 Å². The van der Waals surface area contributed by atoms with Gasteiger partial charge in [0, 0.05) is 18.6 Å². The summed E-state index contributed by atoms with van der Waals surface area (Å²) in [7, 11) is 1.79. The molecule has 0 radical (unpaired) electrons. The van der Waals surface area contributed by atoms with Crippen molar-refractivity contribution in [2.75, 3.05) is 7.05 Å². The van der Waals surface area contributed by atoms with Gasteiger partial charge in [0.1, 0.15) is 6.33 Å². The molecular weight excluding hydrogens is 300 g/mol. The summed E-state index contributed by atoms with van der Waals surface area (Å²) in [4.78, 5) is 27.4. The lowest BCUT2D eigenvalue weighted by Crippen LogP contribution is -2.30. The molecule has 1 atom stereocenters. The van der Waals surface area contributed by atoms with Crippen LogP contribution in [0.15, 0.2) is 42.9 Å². The largest absolute Gasteiger partial charge is 0.333 e. The first-order valence-electron chi connectivity index (χ1n) is 7.88. The van der Waals surface area contributed by atoms with Gasteiger partial charge in [-0.25, -0.2) is 9.97 Å². The second-order valence-electron chi connectivity index (χ2n) is 6.04. The zero-order valence-electron chi connectivity index (χ0n) is 14.3. The van der Waals surface area contributed by atoms with Crippen LogP contribution in [0.25, 0.3) is 10.9 Å². The molecule has 1 amide bonds. The van der Waals surface area contributed by atoms with Crippen molar-refractivity contribution in [2.45, 2.75) is 26.8 Å². The van der Waals surface area contributed by atoms with Gasteiger partial charge in [-0.2, -0.15) is 0 Å². The molecule has 1 aromatic carbocycles. The first kappa shape index (κ1) is 16.1. The van der Waals surface area contributed by atoms with Crippen LogP contribution in [0.1, 0.15) is 40.3 Å². The van der Waals surface area contributed by atoms with Gasteiger partial charge in [0.2, 0.25) is 0 Å². The molecule has 5 heteroatoms. The molecule has 0 saturated heterocycles. The Morgan fingerprint density at radius 3 is 2.67 bits per heavy atom. The van der Waals surface area contributed by atoms with E-state index in [1.165, 1.54) is 6.33 Å². The van der Waals surface area contributed by atoms with Gasteiger partial charge in [-0.15, -0.1) is 0 Å². The van der Waals surface area contributed by atoms with Crippen LogP contribution in [0.4, 0.5) is 0 Å². The normalized spacial score (nSPS) is 12.2. The minimum atomic E-state index is -0.145. The van der Waals surface area contributed by atoms with Gasteiger partial charge < -0.3 is 4.90 Å². The fraction of sp³-hybridized carbons (Fsp3) is 0.263. The van der Waals surface area contributed by atoms with E-state index < -0.39 is 0 Å². The van der Waals surface area contributed by atoms with E-state index in [9.17, 15) is 4.79 Å². The van der Waals surface area contributed by atoms with Crippen LogP contribution in [-0.4, -0.2) is 32.8 Å². The van der Waals surface area contributed by atoms with E-state index in [1.54, 1.807) is 18.1 Å². The van der Waals surface area contributed by atoms with Gasteiger partial charge in [-0.1, -0.05) is 11.6 Å². The van der Waals surface area contributed by atoms with Crippen LogP contribution in [0, 0.1) is 13.8 Å². The summed E-state index contributed by atoms with van der Waals surface area (Å²) in [6.45, 7) is 5.86. The van der Waals surface area contributed by atoms with Gasteiger partial charge in [-0.05, 0) is 45.0 Å². The minimum Gasteiger partial charge on any atom is -0.333 e. The standard InChI is InChI=1S/C19H20N4O/c1-12-5-6-18-15(9-12)10-16(13(2)22-18)19(24)23(4)14(3)17-7-8-20-11-21-17/h5-11,14H,1-4H3. The van der Waals surface area contributed by atoms with Crippen LogP contribution >= 0.6 is 0 Å². The van der Waals surface area contributed by atoms with Crippen molar-refractivity contribution >= 4 is 16.8 Å². The fourth-order valence-electron chi connectivity index (χ4n) is 2.72. The maximum atomic E-state index is 13.0. The number of aryl methyl sites for hydroxylation is 2. The summed E-state index contributed by atoms with van der Waals surface area (Å²) in [6, 6.07) is 9.66. The van der Waals surface area contributed by atoms with Gasteiger partial charge in [0.05, 0.1) is 28.5 Å². The van der Waals surface area contributed by atoms with E-state index in [4.69, 9.17) is 0 Å². The molecule has 0 saturated carbocycles. The molecule has 122 valence electrons. The number of benzene rings is 1. The lowest BCUT2D eigenvalue weighted by Gasteiger charge is -2.25. The highest BCUT2D eigenvalue weighted by Crippen LogP contribution is 2.22. The van der Waals surface area contributed by atoms with Gasteiger partial charge in [0.15, 0.2) is 0 Å². The van der Waals surface area contributed by atoms with Gasteiger partial charge >= 0.3 is 0 Å². The molecule has 3 rings (SSSR count). The van der Waals surface area contributed by atoms with Gasteiger partial charge in [-0.3, -0.25) is 9.78 Å². The molecule has 0 N–H and O–H groups in total. The maximum Gasteiger partial charge on any atom is 0.256 e. The molecule has 5 nitrogen and oxygen atoms in total. The van der Waals surface area contributed by atoms with Crippen molar-refractivity contribution in [3.63, 3.8) is 0 Å². The zero-order chi connectivity index (χ0) is 17.3. The number of aromatic nitrogens is 3. The predicted octanol–water partition coefficient (Wildman–Crippen LogP) is 3.47. The number of pyridine rings is 1. The molecule has 3 aromatic rings. The molecule has 0 aliphatic heterocycles. The second kappa shape index (κ2) is 6.35. The lowest BCUT2D eigenvalue weighted by atomic mass is 10.1. The van der Waals surface area contributed by atoms with Crippen LogP contribution < -0.4 is 0 Å². The maximum absolute atomic E-state index is 13.0. The van der Waals surface area contributed by atoms with Crippen molar-refractivity contribution in [3.05, 3.63) is 65.4 Å². The number of hydrogen-bond acceptors (Lipinski definition) is 4. The first-order chi connectivity index (χ1) is 11.5. The number of carbonyl (C=O) groups is 1. The summed E-state index contributed by atoms with van der Waals surface area (Å²) in [5, 5.41) is 0.979. The SMILES string of the molecule is Cc1ccc2nc(C)c(C(=O)N(C)C(C)c3ccncn3)cc2c1. The molecule has 0 aliphatic carbocycles. The van der Waals surface area contributed by atoms with Gasteiger partial charge in [0.25, 0.3) is 5.91 Å². The zero-order valence-corrected chi connectivity index (χ0v) is 14.3. The second-order valence-corrected chi connectivity index (χ2v) is 6.04. The van der Waals surface area contributed by atoms with E-state index in [1.807, 2.05) is 51.1 Å². The third kappa shape index (κ3) is 2.97. The third-order valence-corrected chi connectivity index (χ3v) is 4.33. The number of carbonyl (C=O) groups excluding carboxylic acids is 1. The quantitative estimate of drug-likeness (QED) is 0.741. The van der Waals surface area contributed by atoms with E-state index in [2.05, 4.69) is 15.0 Å². The number of amides is 1. The summed E-state index contributed by atoms with van der Waals surface area (Å²) < 4.78 is 0. The predicted molar refractivity (Wildman–Crippen MR) is 93.8 cm³/mol. The van der Waals surface area contributed by atoms with Crippen molar-refractivity contribution in [1.82, 2.24) is 19.9 Å². The lowest BCUT2D eigenvalue weighted by molar-refractivity contribution is 0.0738. The number of rotatable bonds is 3. The molecule has 0 spiro atoms. The Morgan fingerprint density at radius 1 is 1.17 bits per heavy atom. The Kier molecular flexibility index (Phi) is 4.25. The molecule has 24 heavy (non-hydrogen) atoms. The smallest absolute Gasteiger partial charge is 0.256 e. The van der Waals surface area contributed by atoms with Crippen LogP contribution in [0.3, 0.4) is 0 Å². The first-order valence-corrected chi connectivity index (χ1v) is 7.88. The van der Waals surface area contributed by atoms with E-state index in [0.717, 1.165) is 27.9 Å². The Bertz CT molecular complexity index is 893. The number of fused-ring (bicyclic) bond motifs is 1. The van der Waals surface area contributed by atoms with Crippen LogP contribution in [0.5, 0.6) is 0 Å². The third-order valence-electron chi connectivity index (χ3n) is 4.33. The van der Waals surface area contributed by atoms with Crippen LogP contribution in [0.2, 0.25) is 0 Å². The Hall–Kier alpha value is -2.82. The molecule has 0 bridgehead atoms. The van der Waals surface area contributed by atoms with E-state index >= 15 is 0 Å². The summed E-state index contributed by atoms with van der Waals surface area (Å²) in [5.74, 6) is -0.0606. The molecule has 2 heterocycles. The van der Waals surface area contributed by atoms with Crippen molar-refractivity contribution in [3.8, 4) is 0 Å². The highest BCUT2D eigenvalue weighted by atomic mass is 16.2. The Morgan fingerprint density at radius 2 is 1.96 bits per heavy atom. The topological polar surface area (TPSA) is 59.0 Å². The van der Waals surface area contributed by atoms with Crippen molar-refractivity contribution < 1.29 is 4.79 Å². The highest BCUT2D eigenvalue weighted by Gasteiger charge is 2.22. The Balaban J connectivity index is 1.97. The average molecular weight is 320 g/mol. The number of hydrogen-bond donors (Lipinski definition) is 0. The fourth-order valence-corrected chi connectivity index (χ4v) is 2.72. The Labute approximate surface area is 141 Å².